The molecule has 0 spiro atoms. The van der Waals surface area contributed by atoms with Crippen LogP contribution in [-0.4, -0.2) is 32.3 Å². The van der Waals surface area contributed by atoms with E-state index < -0.39 is 30.5 Å². The lowest BCUT2D eigenvalue weighted by Gasteiger charge is -2.26. The van der Waals surface area contributed by atoms with E-state index in [9.17, 15) is 16.8 Å². The lowest BCUT2D eigenvalue weighted by molar-refractivity contribution is 0.582. The summed E-state index contributed by atoms with van der Waals surface area (Å²) in [6.45, 7) is 0. The third-order valence-corrected chi connectivity index (χ3v) is 9.59. The van der Waals surface area contributed by atoms with Gasteiger partial charge >= 0.3 is 0 Å². The van der Waals surface area contributed by atoms with Crippen molar-refractivity contribution < 1.29 is 16.8 Å². The minimum atomic E-state index is -3.98. The Bertz CT molecular complexity index is 973. The Morgan fingerprint density at radius 3 is 2.00 bits per heavy atom. The molecule has 2 aromatic rings. The lowest BCUT2D eigenvalue weighted by Crippen LogP contribution is -2.41. The SMILES string of the molecule is O=S(=O)(C1CC1)N(c1ccncc1Nc1ccccc1)S(=O)(=O)C1CC1. The molecule has 1 heterocycles. The fourth-order valence-electron chi connectivity index (χ4n) is 2.74. The molecule has 7 nitrogen and oxygen atoms in total. The quantitative estimate of drug-likeness (QED) is 0.777. The Morgan fingerprint density at radius 2 is 1.46 bits per heavy atom. The number of hydrogen-bond donors (Lipinski definition) is 1. The van der Waals surface area contributed by atoms with E-state index in [-0.39, 0.29) is 5.69 Å². The van der Waals surface area contributed by atoms with E-state index in [0.29, 0.717) is 40.8 Å². The van der Waals surface area contributed by atoms with E-state index >= 15 is 0 Å². The molecular formula is C17H19N3O4S2. The Labute approximate surface area is 153 Å². The van der Waals surface area contributed by atoms with Crippen molar-refractivity contribution in [1.29, 1.82) is 0 Å². The topological polar surface area (TPSA) is 96.4 Å². The van der Waals surface area contributed by atoms with Crippen molar-refractivity contribution in [3.63, 3.8) is 0 Å². The number of sulfonamides is 2. The molecule has 0 atom stereocenters. The van der Waals surface area contributed by atoms with Gasteiger partial charge in [0.05, 0.1) is 28.1 Å². The number of benzene rings is 1. The van der Waals surface area contributed by atoms with Crippen LogP contribution in [0.3, 0.4) is 0 Å². The minimum Gasteiger partial charge on any atom is -0.353 e. The van der Waals surface area contributed by atoms with Gasteiger partial charge in [0.2, 0.25) is 0 Å². The van der Waals surface area contributed by atoms with Gasteiger partial charge in [0.25, 0.3) is 20.0 Å². The minimum absolute atomic E-state index is 0.0997. The molecule has 1 aromatic heterocycles. The average molecular weight is 393 g/mol. The van der Waals surface area contributed by atoms with Crippen LogP contribution in [-0.2, 0) is 20.0 Å². The van der Waals surface area contributed by atoms with Crippen LogP contribution in [0.15, 0.2) is 48.8 Å². The van der Waals surface area contributed by atoms with E-state index in [4.69, 9.17) is 0 Å². The number of para-hydroxylation sites is 1. The van der Waals surface area contributed by atoms with Crippen LogP contribution in [0.4, 0.5) is 17.1 Å². The summed E-state index contributed by atoms with van der Waals surface area (Å²) in [6.07, 6.45) is 4.82. The summed E-state index contributed by atoms with van der Waals surface area (Å²) < 4.78 is 52.6. The molecule has 2 aliphatic carbocycles. The van der Waals surface area contributed by atoms with Crippen molar-refractivity contribution >= 4 is 37.1 Å². The molecule has 138 valence electrons. The molecule has 0 aliphatic heterocycles. The van der Waals surface area contributed by atoms with E-state index in [0.717, 1.165) is 0 Å². The normalized spacial score (nSPS) is 17.7. The van der Waals surface area contributed by atoms with Crippen LogP contribution in [0.1, 0.15) is 25.7 Å². The van der Waals surface area contributed by atoms with Gasteiger partial charge in [0.15, 0.2) is 0 Å². The molecule has 2 saturated carbocycles. The second-order valence-electron chi connectivity index (χ2n) is 6.57. The highest BCUT2D eigenvalue weighted by Crippen LogP contribution is 2.42. The van der Waals surface area contributed by atoms with Gasteiger partial charge < -0.3 is 5.32 Å². The van der Waals surface area contributed by atoms with Crippen LogP contribution in [0.25, 0.3) is 0 Å². The number of aromatic nitrogens is 1. The molecule has 9 heteroatoms. The standard InChI is InChI=1S/C17H19N3O4S2/c21-25(22,14-6-7-14)20(26(23,24)15-8-9-15)17-10-11-18-12-16(17)19-13-4-2-1-3-5-13/h1-5,10-12,14-15,19H,6-9H2. The maximum Gasteiger partial charge on any atom is 0.251 e. The molecule has 2 aliphatic rings. The Kier molecular flexibility index (Phi) is 4.15. The third-order valence-electron chi connectivity index (χ3n) is 4.40. The number of rotatable bonds is 7. The van der Waals surface area contributed by atoms with E-state index in [1.54, 1.807) is 0 Å². The molecular weight excluding hydrogens is 374 g/mol. The molecule has 2 fully saturated rings. The summed E-state index contributed by atoms with van der Waals surface area (Å²) in [6, 6.07) is 10.6. The van der Waals surface area contributed by atoms with Crippen molar-refractivity contribution in [3.05, 3.63) is 48.8 Å². The zero-order chi connectivity index (χ0) is 18.4. The molecule has 0 saturated heterocycles. The molecule has 26 heavy (non-hydrogen) atoms. The van der Waals surface area contributed by atoms with Crippen LogP contribution in [0.2, 0.25) is 0 Å². The van der Waals surface area contributed by atoms with E-state index in [2.05, 4.69) is 10.3 Å². The van der Waals surface area contributed by atoms with Gasteiger partial charge in [-0.1, -0.05) is 18.2 Å². The van der Waals surface area contributed by atoms with Gasteiger partial charge in [0.1, 0.15) is 0 Å². The second kappa shape index (κ2) is 6.24. The van der Waals surface area contributed by atoms with Crippen molar-refractivity contribution in [1.82, 2.24) is 4.98 Å². The molecule has 0 amide bonds. The van der Waals surface area contributed by atoms with Crippen molar-refractivity contribution in [2.24, 2.45) is 0 Å². The summed E-state index contributed by atoms with van der Waals surface area (Å²) in [5.74, 6) is 0. The van der Waals surface area contributed by atoms with Crippen LogP contribution in [0.5, 0.6) is 0 Å². The highest BCUT2D eigenvalue weighted by atomic mass is 32.3. The monoisotopic (exact) mass is 393 g/mol. The second-order valence-corrected chi connectivity index (χ2v) is 10.9. The number of pyridine rings is 1. The van der Waals surface area contributed by atoms with Crippen molar-refractivity contribution in [2.45, 2.75) is 36.2 Å². The Balaban J connectivity index is 1.82. The first-order valence-electron chi connectivity index (χ1n) is 8.45. The van der Waals surface area contributed by atoms with Gasteiger partial charge in [-0.05, 0) is 43.9 Å². The van der Waals surface area contributed by atoms with Gasteiger partial charge in [-0.3, -0.25) is 4.98 Å². The molecule has 1 N–H and O–H groups in total. The molecule has 0 unspecified atom stereocenters. The smallest absolute Gasteiger partial charge is 0.251 e. The fourth-order valence-corrected chi connectivity index (χ4v) is 7.50. The summed E-state index contributed by atoms with van der Waals surface area (Å²) >= 11 is 0. The van der Waals surface area contributed by atoms with Gasteiger partial charge in [-0.15, -0.1) is 0 Å². The van der Waals surface area contributed by atoms with Crippen molar-refractivity contribution in [3.8, 4) is 0 Å². The van der Waals surface area contributed by atoms with Gasteiger partial charge in [0, 0.05) is 11.9 Å². The number of nitrogens with zero attached hydrogens (tertiary/aromatic N) is 2. The first-order chi connectivity index (χ1) is 12.4. The predicted molar refractivity (Wildman–Crippen MR) is 100 cm³/mol. The number of anilines is 3. The summed E-state index contributed by atoms with van der Waals surface area (Å²) in [5.41, 5.74) is 1.16. The predicted octanol–water partition coefficient (Wildman–Crippen LogP) is 2.62. The Hall–Kier alpha value is -2.13. The molecule has 0 radical (unpaired) electrons. The zero-order valence-electron chi connectivity index (χ0n) is 13.9. The number of nitrogens with one attached hydrogen (secondary N) is 1. The first-order valence-corrected chi connectivity index (χ1v) is 11.5. The maximum absolute atomic E-state index is 13.0. The summed E-state index contributed by atoms with van der Waals surface area (Å²) in [5, 5.41) is 1.82. The molecule has 0 bridgehead atoms. The zero-order valence-corrected chi connectivity index (χ0v) is 15.6. The first kappa shape index (κ1) is 17.3. The molecule has 4 rings (SSSR count). The number of hydrogen-bond acceptors (Lipinski definition) is 6. The van der Waals surface area contributed by atoms with Crippen LogP contribution < -0.4 is 9.03 Å². The lowest BCUT2D eigenvalue weighted by atomic mass is 10.3. The summed E-state index contributed by atoms with van der Waals surface area (Å²) in [7, 11) is -7.96. The third kappa shape index (κ3) is 3.16. The molecule has 1 aromatic carbocycles. The van der Waals surface area contributed by atoms with Gasteiger partial charge in [-0.2, -0.15) is 3.71 Å². The van der Waals surface area contributed by atoms with Crippen molar-refractivity contribution in [2.75, 3.05) is 9.03 Å². The largest absolute Gasteiger partial charge is 0.353 e. The van der Waals surface area contributed by atoms with Gasteiger partial charge in [-0.25, -0.2) is 16.8 Å². The maximum atomic E-state index is 13.0. The fraction of sp³-hybridized carbons (Fsp3) is 0.353. The Morgan fingerprint density at radius 1 is 0.885 bits per heavy atom. The van der Waals surface area contributed by atoms with Crippen LogP contribution >= 0.6 is 0 Å². The average Bonchev–Trinajstić information content (AvgIpc) is 3.50. The highest BCUT2D eigenvalue weighted by molar-refractivity contribution is 8.11. The highest BCUT2D eigenvalue weighted by Gasteiger charge is 2.51. The van der Waals surface area contributed by atoms with Crippen LogP contribution in [0, 0.1) is 0 Å². The summed E-state index contributed by atoms with van der Waals surface area (Å²) in [4.78, 5) is 4.03. The van der Waals surface area contributed by atoms with E-state index in [1.165, 1.54) is 18.5 Å². The van der Waals surface area contributed by atoms with E-state index in [1.807, 2.05) is 30.3 Å².